The van der Waals surface area contributed by atoms with E-state index in [4.69, 9.17) is 0 Å². The molecule has 2 aromatic rings. The van der Waals surface area contributed by atoms with Crippen LogP contribution in [0, 0.1) is 36.8 Å². The normalized spacial score (nSPS) is 14.6. The van der Waals surface area contributed by atoms with Gasteiger partial charge >= 0.3 is 12.0 Å². The third-order valence-corrected chi connectivity index (χ3v) is 6.30. The number of nitro benzene ring substituents is 1. The van der Waals surface area contributed by atoms with Crippen LogP contribution in [0.3, 0.4) is 0 Å². The lowest BCUT2D eigenvalue weighted by Crippen LogP contribution is -2.46. The molecular weight excluding hydrogens is 452 g/mol. The van der Waals surface area contributed by atoms with Crippen molar-refractivity contribution in [3.05, 3.63) is 62.7 Å². The third kappa shape index (κ3) is 6.34. The molecule has 1 fully saturated rings. The first-order valence-electron chi connectivity index (χ1n) is 11.5. The fourth-order valence-electron chi connectivity index (χ4n) is 4.66. The van der Waals surface area contributed by atoms with Crippen LogP contribution in [0.4, 0.5) is 21.9 Å². The number of rotatable bonds is 7. The van der Waals surface area contributed by atoms with Crippen molar-refractivity contribution in [1.82, 2.24) is 5.32 Å². The SMILES string of the molecule is Cc1cc(C)c(NC(=O)Nc2cc([N+](=O)[O-])ccc2C(=O)N[C@H](C(=O)O)C2CCCCC2)c(C)c1. The molecule has 1 aliphatic carbocycles. The molecule has 1 atom stereocenters. The summed E-state index contributed by atoms with van der Waals surface area (Å²) in [5, 5.41) is 28.8. The molecule has 4 N–H and O–H groups in total. The zero-order valence-electron chi connectivity index (χ0n) is 20.0. The lowest BCUT2D eigenvalue weighted by Gasteiger charge is -2.28. The van der Waals surface area contributed by atoms with Crippen LogP contribution >= 0.6 is 0 Å². The van der Waals surface area contributed by atoms with Crippen LogP contribution in [0.25, 0.3) is 0 Å². The second-order valence-electron chi connectivity index (χ2n) is 9.03. The average molecular weight is 483 g/mol. The number of aryl methyl sites for hydroxylation is 3. The molecule has 0 bridgehead atoms. The molecule has 0 radical (unpaired) electrons. The number of amides is 3. The topological polar surface area (TPSA) is 151 Å². The zero-order chi connectivity index (χ0) is 25.7. The van der Waals surface area contributed by atoms with Crippen LogP contribution in [0.1, 0.15) is 59.2 Å². The van der Waals surface area contributed by atoms with Crippen LogP contribution in [0.15, 0.2) is 30.3 Å². The van der Waals surface area contributed by atoms with Crippen molar-refractivity contribution >= 4 is 35.0 Å². The largest absolute Gasteiger partial charge is 0.480 e. The molecule has 1 saturated carbocycles. The van der Waals surface area contributed by atoms with Gasteiger partial charge in [0.1, 0.15) is 6.04 Å². The van der Waals surface area contributed by atoms with E-state index in [0.717, 1.165) is 48.1 Å². The van der Waals surface area contributed by atoms with Crippen LogP contribution in [-0.2, 0) is 4.79 Å². The van der Waals surface area contributed by atoms with E-state index in [-0.39, 0.29) is 22.9 Å². The van der Waals surface area contributed by atoms with Crippen LogP contribution in [-0.4, -0.2) is 34.0 Å². The van der Waals surface area contributed by atoms with Gasteiger partial charge in [-0.15, -0.1) is 0 Å². The number of urea groups is 1. The molecule has 35 heavy (non-hydrogen) atoms. The number of hydrogen-bond donors (Lipinski definition) is 4. The Morgan fingerprint density at radius 2 is 1.63 bits per heavy atom. The Kier molecular flexibility index (Phi) is 8.06. The van der Waals surface area contributed by atoms with E-state index >= 15 is 0 Å². The lowest BCUT2D eigenvalue weighted by molar-refractivity contribution is -0.384. The minimum atomic E-state index is -1.13. The highest BCUT2D eigenvalue weighted by atomic mass is 16.6. The molecule has 2 aromatic carbocycles. The Hall–Kier alpha value is -3.95. The predicted octanol–water partition coefficient (Wildman–Crippen LogP) is 4.93. The Balaban J connectivity index is 1.86. The summed E-state index contributed by atoms with van der Waals surface area (Å²) in [7, 11) is 0. The molecule has 0 spiro atoms. The zero-order valence-corrected chi connectivity index (χ0v) is 20.0. The summed E-state index contributed by atoms with van der Waals surface area (Å²) in [5.74, 6) is -2.06. The van der Waals surface area contributed by atoms with Crippen molar-refractivity contribution in [3.63, 3.8) is 0 Å². The number of non-ortho nitro benzene ring substituents is 1. The van der Waals surface area contributed by atoms with Crippen LogP contribution < -0.4 is 16.0 Å². The molecule has 0 heterocycles. The van der Waals surface area contributed by atoms with Crippen LogP contribution in [0.5, 0.6) is 0 Å². The fourth-order valence-corrected chi connectivity index (χ4v) is 4.66. The van der Waals surface area contributed by atoms with Crippen molar-refractivity contribution < 1.29 is 24.4 Å². The molecule has 0 saturated heterocycles. The van der Waals surface area contributed by atoms with Gasteiger partial charge < -0.3 is 21.1 Å². The molecule has 1 aliphatic rings. The molecule has 3 amide bonds. The summed E-state index contributed by atoms with van der Waals surface area (Å²) >= 11 is 0. The maximum Gasteiger partial charge on any atom is 0.326 e. The first-order valence-corrected chi connectivity index (χ1v) is 11.5. The van der Waals surface area contributed by atoms with Crippen LogP contribution in [0.2, 0.25) is 0 Å². The number of aliphatic carboxylic acids is 1. The van der Waals surface area contributed by atoms with Gasteiger partial charge in [0.15, 0.2) is 0 Å². The third-order valence-electron chi connectivity index (χ3n) is 6.30. The number of nitrogens with zero attached hydrogens (tertiary/aromatic N) is 1. The van der Waals surface area contributed by atoms with Gasteiger partial charge in [-0.25, -0.2) is 9.59 Å². The number of carbonyl (C=O) groups is 3. The summed E-state index contributed by atoms with van der Waals surface area (Å²) in [5.41, 5.74) is 2.83. The Morgan fingerprint density at radius 3 is 2.20 bits per heavy atom. The number of hydrogen-bond acceptors (Lipinski definition) is 5. The van der Waals surface area contributed by atoms with Gasteiger partial charge in [-0.05, 0) is 56.7 Å². The predicted molar refractivity (Wildman–Crippen MR) is 132 cm³/mol. The number of carboxylic acid groups (broad SMARTS) is 1. The molecular formula is C25H30N4O6. The van der Waals surface area contributed by atoms with Gasteiger partial charge in [0.2, 0.25) is 0 Å². The summed E-state index contributed by atoms with van der Waals surface area (Å²) in [6, 6.07) is 5.49. The maximum absolute atomic E-state index is 13.1. The summed E-state index contributed by atoms with van der Waals surface area (Å²) in [6.07, 6.45) is 4.21. The Labute approximate surface area is 203 Å². The molecule has 0 aliphatic heterocycles. The first-order chi connectivity index (χ1) is 16.6. The molecule has 0 aromatic heterocycles. The van der Waals surface area contributed by atoms with E-state index in [1.807, 2.05) is 32.9 Å². The summed E-state index contributed by atoms with van der Waals surface area (Å²) < 4.78 is 0. The lowest BCUT2D eigenvalue weighted by atomic mass is 9.84. The van der Waals surface area contributed by atoms with E-state index in [0.29, 0.717) is 18.5 Å². The number of anilines is 2. The molecule has 186 valence electrons. The molecule has 0 unspecified atom stereocenters. The fraction of sp³-hybridized carbons (Fsp3) is 0.400. The Bertz CT molecular complexity index is 1130. The number of nitro groups is 1. The second kappa shape index (κ2) is 11.0. The number of nitrogens with one attached hydrogen (secondary N) is 3. The first kappa shape index (κ1) is 25.7. The number of carboxylic acids is 1. The van der Waals surface area contributed by atoms with Crippen molar-refractivity contribution in [2.45, 2.75) is 58.9 Å². The van der Waals surface area contributed by atoms with Crippen molar-refractivity contribution in [1.29, 1.82) is 0 Å². The van der Waals surface area contributed by atoms with E-state index in [1.54, 1.807) is 0 Å². The van der Waals surface area contributed by atoms with Crippen molar-refractivity contribution in [2.24, 2.45) is 5.92 Å². The average Bonchev–Trinajstić information content (AvgIpc) is 2.80. The monoisotopic (exact) mass is 482 g/mol. The van der Waals surface area contributed by atoms with Gasteiger partial charge in [-0.3, -0.25) is 14.9 Å². The minimum absolute atomic E-state index is 0.0647. The summed E-state index contributed by atoms with van der Waals surface area (Å²) in [4.78, 5) is 48.4. The van der Waals surface area contributed by atoms with E-state index in [2.05, 4.69) is 16.0 Å². The summed E-state index contributed by atoms with van der Waals surface area (Å²) in [6.45, 7) is 5.63. The van der Waals surface area contributed by atoms with Gasteiger partial charge in [-0.1, -0.05) is 37.0 Å². The standard InChI is InChI=1S/C25H30N4O6/c1-14-11-15(2)21(16(3)12-14)28-25(33)26-20-13-18(29(34)35)9-10-19(20)23(30)27-22(24(31)32)17-7-5-4-6-8-17/h9-13,17,22H,4-8H2,1-3H3,(H,27,30)(H,31,32)(H2,26,28,33)/t22-/m0/s1. The highest BCUT2D eigenvalue weighted by Crippen LogP contribution is 2.28. The Morgan fingerprint density at radius 1 is 1.00 bits per heavy atom. The van der Waals surface area contributed by atoms with Gasteiger partial charge in [0.25, 0.3) is 11.6 Å². The smallest absolute Gasteiger partial charge is 0.326 e. The van der Waals surface area contributed by atoms with E-state index in [9.17, 15) is 29.6 Å². The second-order valence-corrected chi connectivity index (χ2v) is 9.03. The molecule has 10 nitrogen and oxygen atoms in total. The molecule has 3 rings (SSSR count). The highest BCUT2D eigenvalue weighted by Gasteiger charge is 2.32. The highest BCUT2D eigenvalue weighted by molar-refractivity contribution is 6.08. The number of carbonyl (C=O) groups excluding carboxylic acids is 2. The number of benzene rings is 2. The van der Waals surface area contributed by atoms with Crippen molar-refractivity contribution in [2.75, 3.05) is 10.6 Å². The van der Waals surface area contributed by atoms with E-state index in [1.165, 1.54) is 6.07 Å². The molecule has 10 heteroatoms. The van der Waals surface area contributed by atoms with Crippen molar-refractivity contribution in [3.8, 4) is 0 Å². The van der Waals surface area contributed by atoms with E-state index < -0.39 is 28.9 Å². The van der Waals surface area contributed by atoms with Gasteiger partial charge in [0.05, 0.1) is 16.2 Å². The van der Waals surface area contributed by atoms with Gasteiger partial charge in [0, 0.05) is 17.8 Å². The maximum atomic E-state index is 13.1. The van der Waals surface area contributed by atoms with Gasteiger partial charge in [-0.2, -0.15) is 0 Å². The quantitative estimate of drug-likeness (QED) is 0.325. The minimum Gasteiger partial charge on any atom is -0.480 e.